The van der Waals surface area contributed by atoms with Gasteiger partial charge in [-0.3, -0.25) is 4.79 Å². The number of halogens is 2. The lowest BCUT2D eigenvalue weighted by Gasteiger charge is -2.37. The first-order valence-electron chi connectivity index (χ1n) is 14.6. The molecular formula is C33H38F2N2O7. The van der Waals surface area contributed by atoms with Crippen LogP contribution in [-0.4, -0.2) is 74.2 Å². The van der Waals surface area contributed by atoms with Gasteiger partial charge in [0.05, 0.1) is 32.5 Å². The summed E-state index contributed by atoms with van der Waals surface area (Å²) in [6.07, 6.45) is 0.295. The van der Waals surface area contributed by atoms with E-state index in [9.17, 15) is 23.5 Å². The van der Waals surface area contributed by atoms with E-state index in [0.29, 0.717) is 62.8 Å². The van der Waals surface area contributed by atoms with Crippen molar-refractivity contribution in [3.8, 4) is 17.2 Å². The van der Waals surface area contributed by atoms with Gasteiger partial charge < -0.3 is 34.3 Å². The molecule has 0 aromatic heterocycles. The van der Waals surface area contributed by atoms with Crippen LogP contribution in [0.15, 0.2) is 66.7 Å². The summed E-state index contributed by atoms with van der Waals surface area (Å²) in [4.78, 5) is 24.2. The predicted octanol–water partition coefficient (Wildman–Crippen LogP) is 5.42. The third-order valence-electron chi connectivity index (χ3n) is 7.23. The fraction of sp³-hybridized carbons (Fsp3) is 0.394. The molecule has 11 heteroatoms. The minimum Gasteiger partial charge on any atom is -0.493 e. The molecule has 2 amide bonds. The summed E-state index contributed by atoms with van der Waals surface area (Å²) in [5.41, 5.74) is 1.77. The van der Waals surface area contributed by atoms with E-state index in [1.54, 1.807) is 18.2 Å². The molecule has 1 heterocycles. The highest BCUT2D eigenvalue weighted by Crippen LogP contribution is 2.32. The van der Waals surface area contributed by atoms with E-state index < -0.39 is 18.0 Å². The zero-order valence-electron chi connectivity index (χ0n) is 24.7. The van der Waals surface area contributed by atoms with E-state index in [0.717, 1.165) is 11.1 Å². The number of likely N-dealkylation sites (tertiary alicyclic amines) is 1. The van der Waals surface area contributed by atoms with Gasteiger partial charge in [-0.1, -0.05) is 24.3 Å². The molecule has 2 atom stereocenters. The molecule has 2 unspecified atom stereocenters. The minimum atomic E-state index is -0.998. The highest BCUT2D eigenvalue weighted by molar-refractivity contribution is 5.72. The average molecular weight is 613 g/mol. The number of rotatable bonds is 15. The lowest BCUT2D eigenvalue weighted by Crippen LogP contribution is -2.46. The summed E-state index contributed by atoms with van der Waals surface area (Å²) in [5, 5.41) is 12.3. The second kappa shape index (κ2) is 16.5. The number of hydrogen-bond donors (Lipinski definition) is 2. The highest BCUT2D eigenvalue weighted by atomic mass is 19.1. The van der Waals surface area contributed by atoms with Gasteiger partial charge in [-0.2, -0.15) is 0 Å². The number of nitrogens with one attached hydrogen (secondary N) is 1. The topological polar surface area (TPSA) is 107 Å². The molecule has 0 radical (unpaired) electrons. The van der Waals surface area contributed by atoms with Crippen molar-refractivity contribution in [1.82, 2.24) is 10.2 Å². The van der Waals surface area contributed by atoms with E-state index in [4.69, 9.17) is 18.9 Å². The molecule has 236 valence electrons. The first-order valence-corrected chi connectivity index (χ1v) is 14.6. The Labute approximate surface area is 255 Å². The van der Waals surface area contributed by atoms with Crippen LogP contribution in [0.2, 0.25) is 0 Å². The fourth-order valence-electron chi connectivity index (χ4n) is 5.04. The molecule has 0 spiro atoms. The van der Waals surface area contributed by atoms with Crippen LogP contribution < -0.4 is 19.5 Å². The maximum absolute atomic E-state index is 13.9. The first kappa shape index (κ1) is 32.5. The second-order valence-corrected chi connectivity index (χ2v) is 10.4. The normalized spacial score (nSPS) is 16.3. The van der Waals surface area contributed by atoms with Crippen LogP contribution in [0.5, 0.6) is 17.2 Å². The van der Waals surface area contributed by atoms with Gasteiger partial charge >= 0.3 is 6.09 Å². The maximum Gasteiger partial charge on any atom is 0.407 e. The molecule has 3 aromatic rings. The molecule has 0 bridgehead atoms. The lowest BCUT2D eigenvalue weighted by molar-refractivity contribution is -0.118. The number of ether oxygens (including phenoxy) is 4. The summed E-state index contributed by atoms with van der Waals surface area (Å²) in [7, 11) is 0. The Morgan fingerprint density at radius 2 is 1.66 bits per heavy atom. The van der Waals surface area contributed by atoms with Crippen molar-refractivity contribution in [3.63, 3.8) is 0 Å². The van der Waals surface area contributed by atoms with Crippen molar-refractivity contribution >= 4 is 12.0 Å². The molecule has 1 saturated heterocycles. The van der Waals surface area contributed by atoms with Crippen molar-refractivity contribution in [2.24, 2.45) is 0 Å². The van der Waals surface area contributed by atoms with Crippen LogP contribution in [0.1, 0.15) is 36.8 Å². The standard InChI is InChI=1S/C33H38F2N2O7/c1-23(38)36-14-12-25-6-9-27(35)21-31(25)43-18-19-44-32-22-37(33(39)40)15-13-30(32)24-7-10-28(11-8-24)41-16-3-17-42-29-5-2-4-26(34)20-29/h2,4-11,20-21,30,32H,3,12-19,22H2,1H3,(H,36,38)(H,39,40). The van der Waals surface area contributed by atoms with Crippen molar-refractivity contribution in [1.29, 1.82) is 0 Å². The van der Waals surface area contributed by atoms with Gasteiger partial charge in [-0.15, -0.1) is 0 Å². The minimum absolute atomic E-state index is 0.0401. The number of amides is 2. The van der Waals surface area contributed by atoms with Crippen molar-refractivity contribution in [2.45, 2.75) is 38.2 Å². The zero-order valence-corrected chi connectivity index (χ0v) is 24.7. The molecule has 0 saturated carbocycles. The number of nitrogens with zero attached hydrogens (tertiary/aromatic N) is 1. The molecule has 0 aliphatic carbocycles. The number of carboxylic acid groups (broad SMARTS) is 1. The molecule has 1 fully saturated rings. The number of hydrogen-bond acceptors (Lipinski definition) is 6. The Morgan fingerprint density at radius 1 is 0.909 bits per heavy atom. The Kier molecular flexibility index (Phi) is 12.2. The molecule has 3 aromatic carbocycles. The third kappa shape index (κ3) is 10.1. The highest BCUT2D eigenvalue weighted by Gasteiger charge is 2.33. The monoisotopic (exact) mass is 612 g/mol. The summed E-state index contributed by atoms with van der Waals surface area (Å²) in [5.74, 6) is 0.582. The molecule has 4 rings (SSSR count). The van der Waals surface area contributed by atoms with Gasteiger partial charge in [0.2, 0.25) is 5.91 Å². The molecule has 1 aliphatic heterocycles. The van der Waals surface area contributed by atoms with E-state index in [1.807, 2.05) is 24.3 Å². The first-order chi connectivity index (χ1) is 21.3. The number of carbonyl (C=O) groups excluding carboxylic acids is 1. The van der Waals surface area contributed by atoms with Crippen LogP contribution in [-0.2, 0) is 16.0 Å². The molecule has 2 N–H and O–H groups in total. The van der Waals surface area contributed by atoms with Crippen LogP contribution in [0.4, 0.5) is 13.6 Å². The molecule has 1 aliphatic rings. The number of benzene rings is 3. The van der Waals surface area contributed by atoms with Gasteiger partial charge in [0.25, 0.3) is 0 Å². The SMILES string of the molecule is CC(=O)NCCc1ccc(F)cc1OCCOC1CN(C(=O)O)CCC1c1ccc(OCCCOc2cccc(F)c2)cc1. The van der Waals surface area contributed by atoms with Crippen molar-refractivity contribution in [3.05, 3.63) is 89.5 Å². The van der Waals surface area contributed by atoms with E-state index in [2.05, 4.69) is 5.32 Å². The van der Waals surface area contributed by atoms with Gasteiger partial charge in [0.15, 0.2) is 0 Å². The van der Waals surface area contributed by atoms with E-state index in [1.165, 1.54) is 36.1 Å². The maximum atomic E-state index is 13.9. The predicted molar refractivity (Wildman–Crippen MR) is 159 cm³/mol. The number of piperidine rings is 1. The van der Waals surface area contributed by atoms with Crippen LogP contribution >= 0.6 is 0 Å². The Morgan fingerprint density at radius 3 is 2.39 bits per heavy atom. The smallest absolute Gasteiger partial charge is 0.407 e. The van der Waals surface area contributed by atoms with Gasteiger partial charge in [0, 0.05) is 44.5 Å². The van der Waals surface area contributed by atoms with Crippen molar-refractivity contribution in [2.75, 3.05) is 46.1 Å². The average Bonchev–Trinajstić information content (AvgIpc) is 3.00. The van der Waals surface area contributed by atoms with Crippen LogP contribution in [0, 0.1) is 11.6 Å². The quantitative estimate of drug-likeness (QED) is 0.221. The summed E-state index contributed by atoms with van der Waals surface area (Å²) in [6.45, 7) is 3.57. The van der Waals surface area contributed by atoms with E-state index >= 15 is 0 Å². The Balaban J connectivity index is 1.28. The second-order valence-electron chi connectivity index (χ2n) is 10.4. The van der Waals surface area contributed by atoms with Gasteiger partial charge in [-0.05, 0) is 54.3 Å². The van der Waals surface area contributed by atoms with Gasteiger partial charge in [0.1, 0.15) is 35.5 Å². The van der Waals surface area contributed by atoms with Crippen LogP contribution in [0.25, 0.3) is 0 Å². The Hall–Kier alpha value is -4.38. The van der Waals surface area contributed by atoms with Crippen LogP contribution in [0.3, 0.4) is 0 Å². The van der Waals surface area contributed by atoms with E-state index in [-0.39, 0.29) is 37.4 Å². The van der Waals surface area contributed by atoms with Crippen molar-refractivity contribution < 1.29 is 42.4 Å². The largest absolute Gasteiger partial charge is 0.493 e. The number of carbonyl (C=O) groups is 2. The van der Waals surface area contributed by atoms with Gasteiger partial charge in [-0.25, -0.2) is 13.6 Å². The Bertz CT molecular complexity index is 1370. The zero-order chi connectivity index (χ0) is 31.3. The fourth-order valence-corrected chi connectivity index (χ4v) is 5.04. The lowest BCUT2D eigenvalue weighted by atomic mass is 9.87. The molecular weight excluding hydrogens is 574 g/mol. The summed E-state index contributed by atoms with van der Waals surface area (Å²) >= 11 is 0. The summed E-state index contributed by atoms with van der Waals surface area (Å²) < 4.78 is 50.5. The molecule has 9 nitrogen and oxygen atoms in total. The third-order valence-corrected chi connectivity index (χ3v) is 7.23. The summed E-state index contributed by atoms with van der Waals surface area (Å²) in [6, 6.07) is 17.9. The molecule has 44 heavy (non-hydrogen) atoms.